The number of fused-ring (bicyclic) bond motifs is 2. The zero-order valence-corrected chi connectivity index (χ0v) is 11.9. The molecular formula is C20H14O2. The summed E-state index contributed by atoms with van der Waals surface area (Å²) in [5.41, 5.74) is 0.610. The van der Waals surface area contributed by atoms with E-state index in [2.05, 4.69) is 30.3 Å². The van der Waals surface area contributed by atoms with Gasteiger partial charge in [-0.2, -0.15) is 0 Å². The molecule has 0 fully saturated rings. The van der Waals surface area contributed by atoms with Crippen molar-refractivity contribution >= 4 is 38.4 Å². The summed E-state index contributed by atoms with van der Waals surface area (Å²) in [6, 6.07) is 18.6. The van der Waals surface area contributed by atoms with E-state index in [9.17, 15) is 10.2 Å². The minimum atomic E-state index is -1.78. The molecule has 0 unspecified atom stereocenters. The summed E-state index contributed by atoms with van der Waals surface area (Å²) in [4.78, 5) is 0. The molecule has 0 spiro atoms. The van der Waals surface area contributed by atoms with Crippen molar-refractivity contribution in [1.29, 1.82) is 0 Å². The monoisotopic (exact) mass is 286 g/mol. The van der Waals surface area contributed by atoms with Crippen LogP contribution in [0.2, 0.25) is 0 Å². The van der Waals surface area contributed by atoms with Gasteiger partial charge >= 0.3 is 0 Å². The van der Waals surface area contributed by atoms with E-state index in [1.165, 1.54) is 16.2 Å². The molecule has 0 amide bonds. The van der Waals surface area contributed by atoms with Crippen LogP contribution in [0.1, 0.15) is 12.0 Å². The highest BCUT2D eigenvalue weighted by Gasteiger charge is 2.30. The van der Waals surface area contributed by atoms with Crippen LogP contribution in [0.25, 0.3) is 38.4 Å². The summed E-state index contributed by atoms with van der Waals surface area (Å²) in [6.07, 6.45) is 2.14. The van der Waals surface area contributed by atoms with Crippen molar-refractivity contribution in [2.45, 2.75) is 12.2 Å². The molecule has 0 bridgehead atoms. The van der Waals surface area contributed by atoms with Crippen LogP contribution >= 0.6 is 0 Å². The molecule has 2 heteroatoms. The first kappa shape index (κ1) is 12.2. The normalized spacial score (nSPS) is 16.3. The lowest BCUT2D eigenvalue weighted by molar-refractivity contribution is -0.163. The summed E-state index contributed by atoms with van der Waals surface area (Å²) < 4.78 is 0. The number of aliphatic hydroxyl groups is 2. The second-order valence-electron chi connectivity index (χ2n) is 6.11. The van der Waals surface area contributed by atoms with Crippen LogP contribution in [-0.4, -0.2) is 10.2 Å². The van der Waals surface area contributed by atoms with Crippen LogP contribution in [0, 0.1) is 0 Å². The number of benzene rings is 4. The van der Waals surface area contributed by atoms with Crippen LogP contribution in [-0.2, 0) is 5.79 Å². The molecule has 0 aliphatic heterocycles. The molecule has 0 atom stereocenters. The van der Waals surface area contributed by atoms with Gasteiger partial charge in [0, 0.05) is 12.0 Å². The Morgan fingerprint density at radius 2 is 1.64 bits per heavy atom. The lowest BCUT2D eigenvalue weighted by atomic mass is 9.85. The van der Waals surface area contributed by atoms with E-state index in [0.717, 1.165) is 21.4 Å². The van der Waals surface area contributed by atoms with Crippen LogP contribution in [0.15, 0.2) is 54.6 Å². The zero-order chi connectivity index (χ0) is 14.9. The van der Waals surface area contributed by atoms with Gasteiger partial charge < -0.3 is 10.2 Å². The van der Waals surface area contributed by atoms with Crippen molar-refractivity contribution in [2.24, 2.45) is 0 Å². The number of hydrogen-bond donors (Lipinski definition) is 2. The highest BCUT2D eigenvalue weighted by molar-refractivity contribution is 6.22. The van der Waals surface area contributed by atoms with Crippen LogP contribution in [0.4, 0.5) is 0 Å². The van der Waals surface area contributed by atoms with E-state index in [4.69, 9.17) is 0 Å². The lowest BCUT2D eigenvalue weighted by Gasteiger charge is -2.27. The fourth-order valence-electron chi connectivity index (χ4n) is 3.79. The molecule has 4 aromatic rings. The topological polar surface area (TPSA) is 40.5 Å². The summed E-state index contributed by atoms with van der Waals surface area (Å²) in [7, 11) is 0. The largest absolute Gasteiger partial charge is 0.362 e. The van der Waals surface area contributed by atoms with Gasteiger partial charge in [-0.3, -0.25) is 0 Å². The van der Waals surface area contributed by atoms with Gasteiger partial charge in [0.1, 0.15) is 0 Å². The third-order valence-corrected chi connectivity index (χ3v) is 4.83. The second-order valence-corrected chi connectivity index (χ2v) is 6.11. The van der Waals surface area contributed by atoms with Gasteiger partial charge in [-0.15, -0.1) is 0 Å². The van der Waals surface area contributed by atoms with Gasteiger partial charge in [0.25, 0.3) is 0 Å². The molecule has 1 aliphatic carbocycles. The van der Waals surface area contributed by atoms with Gasteiger partial charge in [-0.25, -0.2) is 0 Å². The minimum absolute atomic E-state index is 0.230. The molecule has 106 valence electrons. The van der Waals surface area contributed by atoms with Crippen molar-refractivity contribution in [2.75, 3.05) is 0 Å². The van der Waals surface area contributed by atoms with Crippen molar-refractivity contribution in [3.63, 3.8) is 0 Å². The Balaban J connectivity index is 2.15. The molecule has 5 rings (SSSR count). The maximum atomic E-state index is 10.3. The molecule has 0 saturated heterocycles. The molecule has 0 aromatic heterocycles. The van der Waals surface area contributed by atoms with Gasteiger partial charge in [-0.1, -0.05) is 54.6 Å². The minimum Gasteiger partial charge on any atom is -0.362 e. The van der Waals surface area contributed by atoms with E-state index in [1.807, 2.05) is 30.3 Å². The summed E-state index contributed by atoms with van der Waals surface area (Å²) in [5.74, 6) is -1.78. The predicted octanol–water partition coefficient (Wildman–Crippen LogP) is 3.19. The third-order valence-electron chi connectivity index (χ3n) is 4.83. The first-order chi connectivity index (χ1) is 10.6. The Hall–Kier alpha value is -2.42. The Kier molecular flexibility index (Phi) is 2.13. The highest BCUT2D eigenvalue weighted by atomic mass is 16.5. The molecule has 2 nitrogen and oxygen atoms in total. The zero-order valence-electron chi connectivity index (χ0n) is 11.9. The molecule has 1 aliphatic rings. The van der Waals surface area contributed by atoms with Gasteiger partial charge in [0.2, 0.25) is 0 Å². The first-order valence-electron chi connectivity index (χ1n) is 7.47. The third kappa shape index (κ3) is 1.41. The molecule has 2 N–H and O–H groups in total. The molecule has 0 radical (unpaired) electrons. The summed E-state index contributed by atoms with van der Waals surface area (Å²) in [6.45, 7) is 0. The van der Waals surface area contributed by atoms with Crippen LogP contribution < -0.4 is 5.22 Å². The maximum Gasteiger partial charge on any atom is 0.193 e. The maximum absolute atomic E-state index is 10.3. The van der Waals surface area contributed by atoms with E-state index >= 15 is 0 Å². The van der Waals surface area contributed by atoms with E-state index < -0.39 is 5.79 Å². The second kappa shape index (κ2) is 3.86. The fourth-order valence-corrected chi connectivity index (χ4v) is 3.79. The van der Waals surface area contributed by atoms with Crippen molar-refractivity contribution < 1.29 is 10.2 Å². The Morgan fingerprint density at radius 1 is 0.773 bits per heavy atom. The van der Waals surface area contributed by atoms with Crippen molar-refractivity contribution in [3.8, 4) is 0 Å². The predicted molar refractivity (Wildman–Crippen MR) is 89.4 cm³/mol. The van der Waals surface area contributed by atoms with Crippen LogP contribution in [0.3, 0.4) is 0 Å². The van der Waals surface area contributed by atoms with Crippen molar-refractivity contribution in [3.05, 3.63) is 65.4 Å². The highest BCUT2D eigenvalue weighted by Crippen LogP contribution is 2.38. The summed E-state index contributed by atoms with van der Waals surface area (Å²) in [5, 5.41) is 28.5. The molecule has 4 aromatic carbocycles. The Bertz CT molecular complexity index is 1120. The van der Waals surface area contributed by atoms with Crippen molar-refractivity contribution in [1.82, 2.24) is 0 Å². The van der Waals surface area contributed by atoms with E-state index in [0.29, 0.717) is 5.56 Å². The van der Waals surface area contributed by atoms with Gasteiger partial charge in [0.05, 0.1) is 0 Å². The first-order valence-corrected chi connectivity index (χ1v) is 7.47. The number of hydrogen-bond acceptors (Lipinski definition) is 2. The standard InChI is InChI=1S/C20H14O2/c21-20(22)10-9-12-5-6-14-11-13-3-1-2-4-15(13)16-7-8-17(20)19(12)18(14)16/h1-9,11,21-22H,10H2. The fraction of sp³-hybridized carbons (Fsp3) is 0.100. The molecular weight excluding hydrogens is 272 g/mol. The van der Waals surface area contributed by atoms with E-state index in [-0.39, 0.29) is 6.42 Å². The van der Waals surface area contributed by atoms with Gasteiger partial charge in [0.15, 0.2) is 5.79 Å². The Morgan fingerprint density at radius 3 is 2.55 bits per heavy atom. The lowest BCUT2D eigenvalue weighted by Crippen LogP contribution is -2.30. The van der Waals surface area contributed by atoms with E-state index in [1.54, 1.807) is 0 Å². The summed E-state index contributed by atoms with van der Waals surface area (Å²) >= 11 is 0. The molecule has 0 saturated carbocycles. The molecule has 22 heavy (non-hydrogen) atoms. The smallest absolute Gasteiger partial charge is 0.193 e. The average Bonchev–Trinajstić information content (AvgIpc) is 2.53. The Labute approximate surface area is 126 Å². The molecule has 0 heterocycles. The van der Waals surface area contributed by atoms with Crippen LogP contribution in [0.5, 0.6) is 0 Å². The number of rotatable bonds is 0. The average molecular weight is 286 g/mol. The SMILES string of the molecule is OC1(O)CC=c2ccc3cc4ccccc4c4ccc1c2c34. The quantitative estimate of drug-likeness (QED) is 0.296. The van der Waals surface area contributed by atoms with Gasteiger partial charge in [-0.05, 0) is 43.6 Å².